The highest BCUT2D eigenvalue weighted by Crippen LogP contribution is 2.32. The van der Waals surface area contributed by atoms with Crippen molar-refractivity contribution in [1.82, 2.24) is 4.98 Å². The molecule has 0 aliphatic carbocycles. The number of esters is 1. The van der Waals surface area contributed by atoms with Crippen LogP contribution in [-0.4, -0.2) is 41.6 Å². The van der Waals surface area contributed by atoms with Crippen molar-refractivity contribution < 1.29 is 14.7 Å². The van der Waals surface area contributed by atoms with Gasteiger partial charge in [0.2, 0.25) is 0 Å². The fourth-order valence-corrected chi connectivity index (χ4v) is 4.91. The molecule has 4 rings (SSSR count). The van der Waals surface area contributed by atoms with Gasteiger partial charge in [-0.15, -0.1) is 0 Å². The number of hydrogen-bond donors (Lipinski definition) is 1. The van der Waals surface area contributed by atoms with Gasteiger partial charge in [0, 0.05) is 48.6 Å². The molecule has 1 fully saturated rings. The van der Waals surface area contributed by atoms with Crippen molar-refractivity contribution in [3.05, 3.63) is 94.8 Å². The van der Waals surface area contributed by atoms with Gasteiger partial charge in [0.25, 0.3) is 0 Å². The van der Waals surface area contributed by atoms with E-state index >= 15 is 0 Å². The van der Waals surface area contributed by atoms with Gasteiger partial charge < -0.3 is 14.8 Å². The van der Waals surface area contributed by atoms with Crippen molar-refractivity contribution >= 4 is 17.4 Å². The molecule has 0 saturated carbocycles. The van der Waals surface area contributed by atoms with Gasteiger partial charge in [0.1, 0.15) is 0 Å². The normalized spacial score (nSPS) is 15.5. The quantitative estimate of drug-likeness (QED) is 0.187. The monoisotopic (exact) mass is 485 g/mol. The summed E-state index contributed by atoms with van der Waals surface area (Å²) in [6.45, 7) is 7.99. The van der Waals surface area contributed by atoms with E-state index in [4.69, 9.17) is 4.74 Å². The Balaban J connectivity index is 1.54. The molecular formula is C30H35N3O3. The number of aryl methyl sites for hydroxylation is 2. The van der Waals surface area contributed by atoms with Crippen LogP contribution in [0.5, 0.6) is 0 Å². The van der Waals surface area contributed by atoms with Crippen molar-refractivity contribution in [3.63, 3.8) is 0 Å². The van der Waals surface area contributed by atoms with E-state index in [1.54, 1.807) is 6.20 Å². The Morgan fingerprint density at radius 2 is 1.69 bits per heavy atom. The fraction of sp³-hybridized carbons (Fsp3) is 0.367. The molecule has 1 N–H and O–H groups in total. The Bertz CT molecular complexity index is 1180. The molecular weight excluding hydrogens is 450 g/mol. The van der Waals surface area contributed by atoms with E-state index in [2.05, 4.69) is 70.5 Å². The fourth-order valence-electron chi connectivity index (χ4n) is 4.91. The van der Waals surface area contributed by atoms with Crippen LogP contribution in [0, 0.1) is 19.8 Å². The van der Waals surface area contributed by atoms with E-state index in [1.807, 2.05) is 26.0 Å². The zero-order valence-electron chi connectivity index (χ0n) is 21.4. The number of carbonyl (C=O) groups excluding carboxylic acids is 1. The second kappa shape index (κ2) is 11.8. The summed E-state index contributed by atoms with van der Waals surface area (Å²) in [4.78, 5) is 18.7. The Kier molecular flexibility index (Phi) is 8.36. The number of oxime groups is 1. The van der Waals surface area contributed by atoms with Gasteiger partial charge in [-0.3, -0.25) is 9.78 Å². The number of hydrogen-bond acceptors (Lipinski definition) is 6. The van der Waals surface area contributed by atoms with E-state index in [0.29, 0.717) is 18.7 Å². The average Bonchev–Trinajstić information content (AvgIpc) is 2.90. The third-order valence-electron chi connectivity index (χ3n) is 7.00. The van der Waals surface area contributed by atoms with E-state index in [0.717, 1.165) is 48.4 Å². The topological polar surface area (TPSA) is 75.0 Å². The molecule has 1 aromatic heterocycles. The van der Waals surface area contributed by atoms with Gasteiger partial charge in [-0.25, -0.2) is 0 Å². The lowest BCUT2D eigenvalue weighted by molar-refractivity contribution is -0.148. The molecule has 6 heteroatoms. The first kappa shape index (κ1) is 25.4. The molecule has 188 valence electrons. The summed E-state index contributed by atoms with van der Waals surface area (Å²) in [6, 6.07) is 21.0. The number of pyridine rings is 1. The molecule has 3 aromatic rings. The summed E-state index contributed by atoms with van der Waals surface area (Å²) in [5, 5.41) is 13.6. The van der Waals surface area contributed by atoms with Gasteiger partial charge in [0.05, 0.1) is 18.2 Å². The van der Waals surface area contributed by atoms with Crippen molar-refractivity contribution in [3.8, 4) is 0 Å². The Labute approximate surface area is 213 Å². The molecule has 0 amide bonds. The van der Waals surface area contributed by atoms with Crippen LogP contribution in [0.1, 0.15) is 60.1 Å². The number of nitrogens with zero attached hydrogens (tertiary/aromatic N) is 3. The summed E-state index contributed by atoms with van der Waals surface area (Å²) in [5.74, 6) is -0.0350. The maximum absolute atomic E-state index is 12.1. The van der Waals surface area contributed by atoms with E-state index in [1.165, 1.54) is 11.1 Å². The number of ether oxygens (including phenoxy) is 1. The first-order valence-corrected chi connectivity index (χ1v) is 12.7. The third kappa shape index (κ3) is 6.11. The first-order chi connectivity index (χ1) is 17.5. The average molecular weight is 486 g/mol. The number of carbonyl (C=O) groups is 1. The van der Waals surface area contributed by atoms with Crippen molar-refractivity contribution in [1.29, 1.82) is 0 Å². The van der Waals surface area contributed by atoms with E-state index in [-0.39, 0.29) is 17.8 Å². The molecule has 0 radical (unpaired) electrons. The summed E-state index contributed by atoms with van der Waals surface area (Å²) < 4.78 is 5.20. The number of aromatic nitrogens is 1. The van der Waals surface area contributed by atoms with Gasteiger partial charge in [0.15, 0.2) is 0 Å². The SMILES string of the molecule is CCOC(=O)C1CCN(c2ccc([C@H](CC(=NO)c3ccnc(C)c3)c3ccc(C)cc3)cc2)CC1. The summed E-state index contributed by atoms with van der Waals surface area (Å²) >= 11 is 0. The first-order valence-electron chi connectivity index (χ1n) is 12.7. The minimum atomic E-state index is -0.0702. The lowest BCUT2D eigenvalue weighted by Gasteiger charge is -2.32. The number of piperidine rings is 1. The van der Waals surface area contributed by atoms with Crippen LogP contribution in [0.3, 0.4) is 0 Å². The number of rotatable bonds is 8. The van der Waals surface area contributed by atoms with Crippen molar-refractivity contribution in [2.75, 3.05) is 24.6 Å². The highest BCUT2D eigenvalue weighted by Gasteiger charge is 2.26. The largest absolute Gasteiger partial charge is 0.466 e. The second-order valence-corrected chi connectivity index (χ2v) is 9.50. The molecule has 2 aromatic carbocycles. The number of anilines is 1. The Morgan fingerprint density at radius 1 is 1.06 bits per heavy atom. The maximum Gasteiger partial charge on any atom is 0.309 e. The summed E-state index contributed by atoms with van der Waals surface area (Å²) in [5.41, 5.74) is 7.10. The maximum atomic E-state index is 12.1. The smallest absolute Gasteiger partial charge is 0.309 e. The molecule has 6 nitrogen and oxygen atoms in total. The van der Waals surface area contributed by atoms with Crippen LogP contribution in [0.2, 0.25) is 0 Å². The minimum absolute atomic E-state index is 0.000552. The van der Waals surface area contributed by atoms with Gasteiger partial charge in [-0.2, -0.15) is 0 Å². The Morgan fingerprint density at radius 3 is 2.28 bits per heavy atom. The lowest BCUT2D eigenvalue weighted by Crippen LogP contribution is -2.36. The van der Waals surface area contributed by atoms with Crippen molar-refractivity contribution in [2.45, 2.75) is 46.0 Å². The van der Waals surface area contributed by atoms with E-state index < -0.39 is 0 Å². The molecule has 1 aliphatic heterocycles. The highest BCUT2D eigenvalue weighted by molar-refractivity contribution is 6.00. The van der Waals surface area contributed by atoms with Crippen LogP contribution in [0.4, 0.5) is 5.69 Å². The molecule has 1 atom stereocenters. The second-order valence-electron chi connectivity index (χ2n) is 9.50. The van der Waals surface area contributed by atoms with Gasteiger partial charge in [-0.05, 0) is 69.0 Å². The molecule has 2 heterocycles. The predicted octanol–water partition coefficient (Wildman–Crippen LogP) is 5.88. The van der Waals surface area contributed by atoms with Crippen LogP contribution < -0.4 is 4.90 Å². The lowest BCUT2D eigenvalue weighted by atomic mass is 9.85. The zero-order chi connectivity index (χ0) is 25.5. The minimum Gasteiger partial charge on any atom is -0.466 e. The summed E-state index contributed by atoms with van der Waals surface area (Å²) in [6.07, 6.45) is 3.94. The van der Waals surface area contributed by atoms with Gasteiger partial charge in [-0.1, -0.05) is 47.1 Å². The summed E-state index contributed by atoms with van der Waals surface area (Å²) in [7, 11) is 0. The predicted molar refractivity (Wildman–Crippen MR) is 143 cm³/mol. The molecule has 1 aliphatic rings. The molecule has 36 heavy (non-hydrogen) atoms. The number of benzene rings is 2. The van der Waals surface area contributed by atoms with Crippen LogP contribution >= 0.6 is 0 Å². The molecule has 0 unspecified atom stereocenters. The third-order valence-corrected chi connectivity index (χ3v) is 7.00. The van der Waals surface area contributed by atoms with Gasteiger partial charge >= 0.3 is 5.97 Å². The van der Waals surface area contributed by atoms with Crippen LogP contribution in [0.25, 0.3) is 0 Å². The van der Waals surface area contributed by atoms with Crippen LogP contribution in [0.15, 0.2) is 72.0 Å². The zero-order valence-corrected chi connectivity index (χ0v) is 21.4. The molecule has 1 saturated heterocycles. The standard InChI is InChI=1S/C30H35N3O3/c1-4-36-30(34)25-14-17-33(18-15-25)27-11-9-24(10-12-27)28(23-7-5-21(2)6-8-23)20-29(32-35)26-13-16-31-22(3)19-26/h5-13,16,19,25,28,35H,4,14-15,17-18,20H2,1-3H3/t28-/m1/s1. The van der Waals surface area contributed by atoms with Crippen molar-refractivity contribution in [2.24, 2.45) is 11.1 Å². The highest BCUT2D eigenvalue weighted by atomic mass is 16.5. The molecule has 0 bridgehead atoms. The molecule has 0 spiro atoms. The van der Waals surface area contributed by atoms with E-state index in [9.17, 15) is 10.0 Å². The van der Waals surface area contributed by atoms with Crippen LogP contribution in [-0.2, 0) is 9.53 Å². The Hall–Kier alpha value is -3.67.